The van der Waals surface area contributed by atoms with Gasteiger partial charge in [-0.2, -0.15) is 0 Å². The fraction of sp³-hybridized carbons (Fsp3) is 0.440. The van der Waals surface area contributed by atoms with Gasteiger partial charge in [0.2, 0.25) is 0 Å². The summed E-state index contributed by atoms with van der Waals surface area (Å²) >= 11 is 1.46. The summed E-state index contributed by atoms with van der Waals surface area (Å²) in [7, 11) is 0. The Labute approximate surface area is 194 Å². The van der Waals surface area contributed by atoms with Crippen LogP contribution in [0.2, 0.25) is 0 Å². The van der Waals surface area contributed by atoms with E-state index in [4.69, 9.17) is 4.74 Å². The average Bonchev–Trinajstić information content (AvgIpc) is 3.40. The normalized spacial score (nSPS) is 13.9. The van der Waals surface area contributed by atoms with Crippen LogP contribution in [0.4, 0.5) is 11.4 Å². The van der Waals surface area contributed by atoms with Crippen molar-refractivity contribution >= 4 is 40.1 Å². The highest BCUT2D eigenvalue weighted by Gasteiger charge is 2.39. The number of nitrogens with zero attached hydrogens (tertiary/aromatic N) is 2. The van der Waals surface area contributed by atoms with Gasteiger partial charge in [0.1, 0.15) is 5.70 Å². The molecule has 1 aromatic carbocycles. The molecule has 0 atom stereocenters. The summed E-state index contributed by atoms with van der Waals surface area (Å²) in [5, 5.41) is 5.15. The number of imide groups is 1. The summed E-state index contributed by atoms with van der Waals surface area (Å²) in [6.45, 7) is 9.84. The summed E-state index contributed by atoms with van der Waals surface area (Å²) in [5.41, 5.74) is 2.71. The first-order valence-corrected chi connectivity index (χ1v) is 12.3. The standard InChI is InChI=1S/C25H33N3O3S/c1-4-7-16-31-17-9-15-28-24(29)22(21-10-8-18-32-21)23(25(28)30)26-19-11-13-20(14-12-19)27(5-2)6-3/h8,10-14,18,26H,4-7,9,15-17H2,1-3H3. The number of hydrogen-bond acceptors (Lipinski definition) is 6. The fourth-order valence-corrected chi connectivity index (χ4v) is 4.47. The van der Waals surface area contributed by atoms with Crippen LogP contribution in [0.1, 0.15) is 44.9 Å². The SMILES string of the molecule is CCCCOCCCN1C(=O)C(Nc2ccc(N(CC)CC)cc2)=C(c2cccs2)C1=O. The highest BCUT2D eigenvalue weighted by atomic mass is 32.1. The van der Waals surface area contributed by atoms with Gasteiger partial charge in [-0.05, 0) is 62.4 Å². The predicted molar refractivity (Wildman–Crippen MR) is 132 cm³/mol. The Kier molecular flexibility index (Phi) is 8.88. The van der Waals surface area contributed by atoms with Crippen LogP contribution in [0.15, 0.2) is 47.5 Å². The highest BCUT2D eigenvalue weighted by Crippen LogP contribution is 2.33. The van der Waals surface area contributed by atoms with Crippen LogP contribution in [0.5, 0.6) is 0 Å². The van der Waals surface area contributed by atoms with Gasteiger partial charge in [0, 0.05) is 49.1 Å². The Morgan fingerprint density at radius 1 is 0.969 bits per heavy atom. The van der Waals surface area contributed by atoms with Crippen molar-refractivity contribution in [1.82, 2.24) is 4.90 Å². The van der Waals surface area contributed by atoms with Crippen LogP contribution in [0.3, 0.4) is 0 Å². The number of carbonyl (C=O) groups excluding carboxylic acids is 2. The number of nitrogens with one attached hydrogen (secondary N) is 1. The summed E-state index contributed by atoms with van der Waals surface area (Å²) in [5.74, 6) is -0.520. The van der Waals surface area contributed by atoms with Gasteiger partial charge < -0.3 is 15.0 Å². The maximum absolute atomic E-state index is 13.2. The molecule has 0 unspecified atom stereocenters. The van der Waals surface area contributed by atoms with E-state index < -0.39 is 0 Å². The van der Waals surface area contributed by atoms with Crippen molar-refractivity contribution in [3.05, 3.63) is 52.4 Å². The molecule has 0 aliphatic carbocycles. The van der Waals surface area contributed by atoms with Crippen LogP contribution in [0.25, 0.3) is 5.57 Å². The van der Waals surface area contributed by atoms with Crippen molar-refractivity contribution in [2.75, 3.05) is 43.1 Å². The summed E-state index contributed by atoms with van der Waals surface area (Å²) < 4.78 is 5.59. The zero-order valence-corrected chi connectivity index (χ0v) is 20.0. The molecule has 2 amide bonds. The number of anilines is 2. The minimum absolute atomic E-state index is 0.242. The third-order valence-corrected chi connectivity index (χ3v) is 6.40. The number of amides is 2. The molecule has 32 heavy (non-hydrogen) atoms. The number of unbranched alkanes of at least 4 members (excludes halogenated alkanes) is 1. The molecule has 0 spiro atoms. The van der Waals surface area contributed by atoms with E-state index in [1.807, 2.05) is 41.8 Å². The van der Waals surface area contributed by atoms with E-state index in [1.54, 1.807) is 0 Å². The Morgan fingerprint density at radius 2 is 1.69 bits per heavy atom. The molecule has 3 rings (SSSR count). The second-order valence-corrected chi connectivity index (χ2v) is 8.60. The molecule has 0 bridgehead atoms. The van der Waals surface area contributed by atoms with Crippen molar-refractivity contribution in [2.45, 2.75) is 40.0 Å². The van der Waals surface area contributed by atoms with Crippen LogP contribution >= 0.6 is 11.3 Å². The van der Waals surface area contributed by atoms with E-state index in [0.29, 0.717) is 37.4 Å². The van der Waals surface area contributed by atoms with Crippen LogP contribution in [0, 0.1) is 0 Å². The monoisotopic (exact) mass is 455 g/mol. The number of hydrogen-bond donors (Lipinski definition) is 1. The van der Waals surface area contributed by atoms with Gasteiger partial charge in [-0.1, -0.05) is 19.4 Å². The second kappa shape index (κ2) is 11.8. The molecule has 2 heterocycles. The molecule has 2 aromatic rings. The van der Waals surface area contributed by atoms with E-state index in [1.165, 1.54) is 16.2 Å². The van der Waals surface area contributed by atoms with E-state index in [9.17, 15) is 9.59 Å². The molecule has 1 N–H and O–H groups in total. The van der Waals surface area contributed by atoms with Gasteiger partial charge in [-0.3, -0.25) is 14.5 Å². The third-order valence-electron chi connectivity index (χ3n) is 5.51. The number of rotatable bonds is 13. The number of benzene rings is 1. The van der Waals surface area contributed by atoms with Crippen LogP contribution in [-0.2, 0) is 14.3 Å². The quantitative estimate of drug-likeness (QED) is 0.340. The molecule has 1 aliphatic rings. The lowest BCUT2D eigenvalue weighted by atomic mass is 10.1. The lowest BCUT2D eigenvalue weighted by molar-refractivity contribution is -0.137. The molecule has 0 fully saturated rings. The average molecular weight is 456 g/mol. The summed E-state index contributed by atoms with van der Waals surface area (Å²) in [6, 6.07) is 11.8. The topological polar surface area (TPSA) is 61.9 Å². The smallest absolute Gasteiger partial charge is 0.278 e. The first-order chi connectivity index (χ1) is 15.6. The van der Waals surface area contributed by atoms with Gasteiger partial charge in [0.05, 0.1) is 5.57 Å². The lowest BCUT2D eigenvalue weighted by Gasteiger charge is -2.21. The van der Waals surface area contributed by atoms with E-state index in [0.717, 1.165) is 42.2 Å². The minimum Gasteiger partial charge on any atom is -0.381 e. The van der Waals surface area contributed by atoms with E-state index in [2.05, 4.69) is 31.0 Å². The zero-order chi connectivity index (χ0) is 22.9. The third kappa shape index (κ3) is 5.58. The predicted octanol–water partition coefficient (Wildman–Crippen LogP) is 4.99. The van der Waals surface area contributed by atoms with Crippen molar-refractivity contribution < 1.29 is 14.3 Å². The Balaban J connectivity index is 1.75. The molecule has 172 valence electrons. The van der Waals surface area contributed by atoms with Crippen molar-refractivity contribution in [3.8, 4) is 0 Å². The molecule has 0 saturated carbocycles. The Bertz CT molecular complexity index is 918. The maximum atomic E-state index is 13.2. The van der Waals surface area contributed by atoms with Gasteiger partial charge in [-0.25, -0.2) is 0 Å². The first-order valence-electron chi connectivity index (χ1n) is 11.4. The zero-order valence-electron chi connectivity index (χ0n) is 19.2. The van der Waals surface area contributed by atoms with E-state index >= 15 is 0 Å². The molecule has 1 aromatic heterocycles. The number of ether oxygens (including phenoxy) is 1. The summed E-state index contributed by atoms with van der Waals surface area (Å²) in [4.78, 5) is 30.8. The lowest BCUT2D eigenvalue weighted by Crippen LogP contribution is -2.34. The molecule has 0 radical (unpaired) electrons. The molecular weight excluding hydrogens is 422 g/mol. The highest BCUT2D eigenvalue weighted by molar-refractivity contribution is 7.11. The van der Waals surface area contributed by atoms with E-state index in [-0.39, 0.29) is 11.8 Å². The fourth-order valence-electron chi connectivity index (χ4n) is 3.71. The molecular formula is C25H33N3O3S. The van der Waals surface area contributed by atoms with Crippen molar-refractivity contribution in [3.63, 3.8) is 0 Å². The van der Waals surface area contributed by atoms with Gasteiger partial charge in [-0.15, -0.1) is 11.3 Å². The molecule has 7 heteroatoms. The van der Waals surface area contributed by atoms with Gasteiger partial charge >= 0.3 is 0 Å². The molecule has 1 aliphatic heterocycles. The van der Waals surface area contributed by atoms with Crippen molar-refractivity contribution in [2.24, 2.45) is 0 Å². The first kappa shape index (κ1) is 24.0. The second-order valence-electron chi connectivity index (χ2n) is 7.65. The van der Waals surface area contributed by atoms with Gasteiger partial charge in [0.25, 0.3) is 11.8 Å². The van der Waals surface area contributed by atoms with Crippen LogP contribution < -0.4 is 10.2 Å². The van der Waals surface area contributed by atoms with Gasteiger partial charge in [0.15, 0.2) is 0 Å². The summed E-state index contributed by atoms with van der Waals surface area (Å²) in [6.07, 6.45) is 2.74. The Hall–Kier alpha value is -2.64. The maximum Gasteiger partial charge on any atom is 0.278 e. The largest absolute Gasteiger partial charge is 0.381 e. The Morgan fingerprint density at radius 3 is 2.31 bits per heavy atom. The molecule has 6 nitrogen and oxygen atoms in total. The number of carbonyl (C=O) groups is 2. The van der Waals surface area contributed by atoms with Crippen LogP contribution in [-0.4, -0.2) is 49.6 Å². The number of thiophene rings is 1. The van der Waals surface area contributed by atoms with Crippen molar-refractivity contribution in [1.29, 1.82) is 0 Å². The minimum atomic E-state index is -0.278. The molecule has 0 saturated heterocycles.